The predicted molar refractivity (Wildman–Crippen MR) is 111 cm³/mol. The number of nitrogens with one attached hydrogen (secondary N) is 1. The molecule has 0 aromatic heterocycles. The topological polar surface area (TPSA) is 92.7 Å². The van der Waals surface area contributed by atoms with Crippen molar-refractivity contribution in [2.24, 2.45) is 0 Å². The maximum absolute atomic E-state index is 12.6. The number of anilines is 1. The van der Waals surface area contributed by atoms with Crippen LogP contribution in [0.1, 0.15) is 43.5 Å². The Hall–Kier alpha value is -2.25. The number of hydrogen-bond acceptors (Lipinski definition) is 5. The largest absolute Gasteiger partial charge is 0.478 e. The Kier molecular flexibility index (Phi) is 7.71. The van der Waals surface area contributed by atoms with E-state index in [0.29, 0.717) is 23.0 Å². The molecule has 0 atom stereocenters. The van der Waals surface area contributed by atoms with Gasteiger partial charge >= 0.3 is 5.97 Å². The normalized spacial score (nSPS) is 11.2. The van der Waals surface area contributed by atoms with E-state index in [4.69, 9.17) is 16.3 Å². The van der Waals surface area contributed by atoms with Gasteiger partial charge in [-0.2, -0.15) is 0 Å². The number of halogens is 1. The molecule has 2 rings (SSSR count). The van der Waals surface area contributed by atoms with Gasteiger partial charge in [-0.1, -0.05) is 38.3 Å². The second-order valence-electron chi connectivity index (χ2n) is 6.25. The van der Waals surface area contributed by atoms with E-state index in [9.17, 15) is 18.3 Å². The number of carboxylic acids is 1. The number of ether oxygens (including phenoxy) is 1. The molecule has 8 heteroatoms. The lowest BCUT2D eigenvalue weighted by atomic mass is 10.1. The number of benzene rings is 2. The lowest BCUT2D eigenvalue weighted by Gasteiger charge is -2.18. The van der Waals surface area contributed by atoms with Gasteiger partial charge < -0.3 is 15.2 Å². The molecule has 2 aromatic rings. The van der Waals surface area contributed by atoms with Crippen LogP contribution in [0.3, 0.4) is 0 Å². The number of sulfone groups is 1. The van der Waals surface area contributed by atoms with Gasteiger partial charge in [-0.05, 0) is 42.8 Å². The highest BCUT2D eigenvalue weighted by molar-refractivity contribution is 7.91. The number of rotatable bonds is 10. The van der Waals surface area contributed by atoms with Gasteiger partial charge in [-0.25, -0.2) is 13.2 Å². The van der Waals surface area contributed by atoms with Crippen LogP contribution in [-0.4, -0.2) is 31.8 Å². The molecule has 2 N–H and O–H groups in total. The van der Waals surface area contributed by atoms with Crippen molar-refractivity contribution in [1.29, 1.82) is 0 Å². The average molecular weight is 426 g/mol. The van der Waals surface area contributed by atoms with E-state index in [1.54, 1.807) is 24.3 Å². The lowest BCUT2D eigenvalue weighted by molar-refractivity contribution is 0.0696. The molecule has 28 heavy (non-hydrogen) atoms. The summed E-state index contributed by atoms with van der Waals surface area (Å²) in [6, 6.07) is 9.04. The molecule has 2 aromatic carbocycles. The van der Waals surface area contributed by atoms with E-state index >= 15 is 0 Å². The first-order valence-corrected chi connectivity index (χ1v) is 11.1. The molecule has 0 aliphatic carbocycles. The van der Waals surface area contributed by atoms with E-state index in [1.165, 1.54) is 13.0 Å². The fraction of sp³-hybridized carbons (Fsp3) is 0.350. The average Bonchev–Trinajstić information content (AvgIpc) is 2.67. The predicted octanol–water partition coefficient (Wildman–Crippen LogP) is 5.23. The molecule has 0 saturated carbocycles. The van der Waals surface area contributed by atoms with Gasteiger partial charge in [0.05, 0.1) is 17.0 Å². The van der Waals surface area contributed by atoms with Crippen LogP contribution in [0.4, 0.5) is 5.69 Å². The van der Waals surface area contributed by atoms with Crippen molar-refractivity contribution in [1.82, 2.24) is 0 Å². The molecule has 0 unspecified atom stereocenters. The summed E-state index contributed by atoms with van der Waals surface area (Å²) in [7, 11) is -3.73. The molecule has 0 aliphatic rings. The maximum atomic E-state index is 12.6. The van der Waals surface area contributed by atoms with E-state index in [0.717, 1.165) is 25.3 Å². The second kappa shape index (κ2) is 9.80. The minimum Gasteiger partial charge on any atom is -0.478 e. The number of unbranched alkanes of at least 4 members (excludes halogenated alkanes) is 2. The standard InChI is InChI=1S/C20H24ClNO5S/c1-3-5-6-11-22-17-12-14(20(23)24)13-18(28(25,26)4-2)19(17)27-16-9-7-15(21)8-10-16/h7-10,12-13,22H,3-6,11H2,1-2H3,(H,23,24). The summed E-state index contributed by atoms with van der Waals surface area (Å²) in [5.41, 5.74) is 0.214. The van der Waals surface area contributed by atoms with Crippen LogP contribution < -0.4 is 10.1 Å². The van der Waals surface area contributed by atoms with Crippen LogP contribution in [0.25, 0.3) is 0 Å². The third-order valence-corrected chi connectivity index (χ3v) is 6.13. The van der Waals surface area contributed by atoms with Crippen molar-refractivity contribution < 1.29 is 23.1 Å². The van der Waals surface area contributed by atoms with E-state index in [-0.39, 0.29) is 22.0 Å². The molecule has 0 spiro atoms. The first-order chi connectivity index (χ1) is 13.3. The summed E-state index contributed by atoms with van der Waals surface area (Å²) >= 11 is 5.90. The summed E-state index contributed by atoms with van der Waals surface area (Å²) in [6.45, 7) is 4.15. The number of carboxylic acid groups (broad SMARTS) is 1. The van der Waals surface area contributed by atoms with Crippen molar-refractivity contribution >= 4 is 33.1 Å². The smallest absolute Gasteiger partial charge is 0.335 e. The Balaban J connectivity index is 2.57. The van der Waals surface area contributed by atoms with Crippen molar-refractivity contribution in [2.75, 3.05) is 17.6 Å². The molecule has 6 nitrogen and oxygen atoms in total. The Morgan fingerprint density at radius 3 is 2.39 bits per heavy atom. The quantitative estimate of drug-likeness (QED) is 0.506. The Labute approximate surface area is 170 Å². The Morgan fingerprint density at radius 2 is 1.82 bits per heavy atom. The van der Waals surface area contributed by atoms with Crippen LogP contribution >= 0.6 is 11.6 Å². The minimum atomic E-state index is -3.73. The van der Waals surface area contributed by atoms with Crippen LogP contribution in [-0.2, 0) is 9.84 Å². The number of hydrogen-bond donors (Lipinski definition) is 2. The van der Waals surface area contributed by atoms with Crippen molar-refractivity contribution in [2.45, 2.75) is 38.0 Å². The van der Waals surface area contributed by atoms with E-state index in [2.05, 4.69) is 12.2 Å². The monoisotopic (exact) mass is 425 g/mol. The molecule has 0 amide bonds. The van der Waals surface area contributed by atoms with Gasteiger partial charge in [0.2, 0.25) is 0 Å². The summed E-state index contributed by atoms with van der Waals surface area (Å²) in [5, 5.41) is 13.1. The van der Waals surface area contributed by atoms with Gasteiger partial charge in [0.1, 0.15) is 10.6 Å². The highest BCUT2D eigenvalue weighted by Crippen LogP contribution is 2.38. The minimum absolute atomic E-state index is 0.0886. The first-order valence-electron chi connectivity index (χ1n) is 9.09. The molecular weight excluding hydrogens is 402 g/mol. The number of aromatic carboxylic acids is 1. The highest BCUT2D eigenvalue weighted by atomic mass is 35.5. The number of carbonyl (C=O) groups is 1. The zero-order valence-electron chi connectivity index (χ0n) is 15.9. The summed E-state index contributed by atoms with van der Waals surface area (Å²) < 4.78 is 31.2. The molecule has 0 bridgehead atoms. The third-order valence-electron chi connectivity index (χ3n) is 4.15. The fourth-order valence-corrected chi connectivity index (χ4v) is 3.74. The molecule has 0 radical (unpaired) electrons. The van der Waals surface area contributed by atoms with Crippen molar-refractivity contribution in [3.8, 4) is 11.5 Å². The molecule has 152 valence electrons. The van der Waals surface area contributed by atoms with Crippen molar-refractivity contribution in [3.63, 3.8) is 0 Å². The summed E-state index contributed by atoms with van der Waals surface area (Å²) in [5.74, 6) is -0.896. The summed E-state index contributed by atoms with van der Waals surface area (Å²) in [6.07, 6.45) is 2.89. The Bertz CT molecular complexity index is 926. The van der Waals surface area contributed by atoms with Crippen LogP contribution in [0.15, 0.2) is 41.3 Å². The zero-order chi connectivity index (χ0) is 20.7. The van der Waals surface area contributed by atoms with Crippen LogP contribution in [0, 0.1) is 0 Å². The molecule has 0 heterocycles. The zero-order valence-corrected chi connectivity index (χ0v) is 17.4. The van der Waals surface area contributed by atoms with Gasteiger partial charge in [0, 0.05) is 11.6 Å². The molecule has 0 fully saturated rings. The van der Waals surface area contributed by atoms with Crippen LogP contribution in [0.2, 0.25) is 5.02 Å². The highest BCUT2D eigenvalue weighted by Gasteiger charge is 2.24. The van der Waals surface area contributed by atoms with Gasteiger partial charge in [0.25, 0.3) is 0 Å². The van der Waals surface area contributed by atoms with Crippen LogP contribution in [0.5, 0.6) is 11.5 Å². The van der Waals surface area contributed by atoms with Gasteiger partial charge in [0.15, 0.2) is 15.6 Å². The molecule has 0 aliphatic heterocycles. The maximum Gasteiger partial charge on any atom is 0.335 e. The lowest BCUT2D eigenvalue weighted by Crippen LogP contribution is -2.12. The fourth-order valence-electron chi connectivity index (χ4n) is 2.57. The third kappa shape index (κ3) is 5.62. The Morgan fingerprint density at radius 1 is 1.14 bits per heavy atom. The second-order valence-corrected chi connectivity index (χ2v) is 8.93. The first kappa shape index (κ1) is 22.0. The SMILES string of the molecule is CCCCCNc1cc(C(=O)O)cc(S(=O)(=O)CC)c1Oc1ccc(Cl)cc1. The van der Waals surface area contributed by atoms with E-state index < -0.39 is 15.8 Å². The molecular formula is C20H24ClNO5S. The van der Waals surface area contributed by atoms with Crippen molar-refractivity contribution in [3.05, 3.63) is 47.0 Å². The van der Waals surface area contributed by atoms with Gasteiger partial charge in [-0.15, -0.1) is 0 Å². The molecule has 0 saturated heterocycles. The van der Waals surface area contributed by atoms with Gasteiger partial charge in [-0.3, -0.25) is 0 Å². The van der Waals surface area contributed by atoms with E-state index in [1.807, 2.05) is 0 Å². The summed E-state index contributed by atoms with van der Waals surface area (Å²) in [4.78, 5) is 11.4.